The topological polar surface area (TPSA) is 38.5 Å². The van der Waals surface area contributed by atoms with Crippen molar-refractivity contribution in [2.45, 2.75) is 6.42 Å². The minimum absolute atomic E-state index is 0.711. The maximum atomic E-state index is 5.44. The van der Waals surface area contributed by atoms with E-state index >= 15 is 0 Å². The number of nitrogens with two attached hydrogens (primary N) is 1. The highest BCUT2D eigenvalue weighted by Crippen LogP contribution is 2.17. The summed E-state index contributed by atoms with van der Waals surface area (Å²) in [5, 5.41) is 0. The van der Waals surface area contributed by atoms with Crippen LogP contribution >= 0.6 is 0 Å². The van der Waals surface area contributed by atoms with Crippen LogP contribution in [0.2, 0.25) is 0 Å². The minimum atomic E-state index is 0.711. The van der Waals surface area contributed by atoms with Crippen LogP contribution in [0, 0.1) is 0 Å². The predicted octanol–water partition coefficient (Wildman–Crippen LogP) is 1.89. The van der Waals surface area contributed by atoms with Gasteiger partial charge in [0.05, 0.1) is 13.2 Å². The molecule has 0 bridgehead atoms. The Morgan fingerprint density at radius 1 is 1.18 bits per heavy atom. The smallest absolute Gasteiger partial charge is 0.0642 e. The Bertz CT molecular complexity index is 353. The van der Waals surface area contributed by atoms with Gasteiger partial charge in [0.2, 0.25) is 0 Å². The molecule has 1 aromatic rings. The van der Waals surface area contributed by atoms with Crippen molar-refractivity contribution in [3.05, 3.63) is 35.9 Å². The predicted molar refractivity (Wildman–Crippen MR) is 72.2 cm³/mol. The van der Waals surface area contributed by atoms with Gasteiger partial charge in [-0.05, 0) is 30.7 Å². The van der Waals surface area contributed by atoms with Gasteiger partial charge >= 0.3 is 0 Å². The molecule has 1 saturated heterocycles. The van der Waals surface area contributed by atoms with Crippen molar-refractivity contribution >= 4 is 11.8 Å². The minimum Gasteiger partial charge on any atom is -0.378 e. The second-order valence-corrected chi connectivity index (χ2v) is 4.17. The van der Waals surface area contributed by atoms with E-state index in [0.29, 0.717) is 6.54 Å². The molecule has 17 heavy (non-hydrogen) atoms. The van der Waals surface area contributed by atoms with Crippen molar-refractivity contribution in [1.82, 2.24) is 0 Å². The molecule has 3 heteroatoms. The Kier molecular flexibility index (Phi) is 4.59. The van der Waals surface area contributed by atoms with Crippen molar-refractivity contribution in [1.29, 1.82) is 0 Å². The van der Waals surface area contributed by atoms with Gasteiger partial charge in [-0.1, -0.05) is 24.3 Å². The quantitative estimate of drug-likeness (QED) is 0.861. The van der Waals surface area contributed by atoms with Crippen LogP contribution in [0.4, 0.5) is 5.69 Å². The number of benzene rings is 1. The molecular formula is C14H20N2O. The molecule has 0 unspecified atom stereocenters. The summed E-state index contributed by atoms with van der Waals surface area (Å²) in [5.41, 5.74) is 7.96. The van der Waals surface area contributed by atoms with Crippen LogP contribution in [0.15, 0.2) is 30.3 Å². The van der Waals surface area contributed by atoms with E-state index in [1.54, 1.807) is 0 Å². The number of hydrogen-bond acceptors (Lipinski definition) is 3. The third-order valence-electron chi connectivity index (χ3n) is 2.91. The normalized spacial score (nSPS) is 16.6. The van der Waals surface area contributed by atoms with Gasteiger partial charge in [0.25, 0.3) is 0 Å². The van der Waals surface area contributed by atoms with Crippen molar-refractivity contribution in [2.24, 2.45) is 5.73 Å². The molecule has 0 atom stereocenters. The number of morpholine rings is 1. The highest BCUT2D eigenvalue weighted by Gasteiger charge is 2.10. The van der Waals surface area contributed by atoms with Crippen molar-refractivity contribution in [2.75, 3.05) is 37.7 Å². The van der Waals surface area contributed by atoms with E-state index in [9.17, 15) is 0 Å². The van der Waals surface area contributed by atoms with Crippen LogP contribution in [0.3, 0.4) is 0 Å². The standard InChI is InChI=1S/C14H20N2O/c15-8-2-1-3-13-4-6-14(7-5-13)16-9-11-17-12-10-16/h1,3-7H,2,8-12,15H2. The van der Waals surface area contributed by atoms with E-state index in [2.05, 4.69) is 41.3 Å². The molecule has 2 rings (SSSR count). The SMILES string of the molecule is NCCC=Cc1ccc(N2CCOCC2)cc1. The number of hydrogen-bond donors (Lipinski definition) is 1. The zero-order valence-electron chi connectivity index (χ0n) is 10.1. The summed E-state index contributed by atoms with van der Waals surface area (Å²) in [6.45, 7) is 4.35. The number of rotatable bonds is 4. The van der Waals surface area contributed by atoms with Crippen LogP contribution in [0.25, 0.3) is 6.08 Å². The molecule has 1 aliphatic rings. The van der Waals surface area contributed by atoms with E-state index < -0.39 is 0 Å². The highest BCUT2D eigenvalue weighted by molar-refractivity contribution is 5.56. The molecule has 0 aromatic heterocycles. The van der Waals surface area contributed by atoms with Crippen LogP contribution < -0.4 is 10.6 Å². The monoisotopic (exact) mass is 232 g/mol. The second-order valence-electron chi connectivity index (χ2n) is 4.17. The van der Waals surface area contributed by atoms with Gasteiger partial charge < -0.3 is 15.4 Å². The summed E-state index contributed by atoms with van der Waals surface area (Å²) in [5.74, 6) is 0. The van der Waals surface area contributed by atoms with Crippen molar-refractivity contribution < 1.29 is 4.74 Å². The van der Waals surface area contributed by atoms with Gasteiger partial charge in [0, 0.05) is 18.8 Å². The molecule has 1 fully saturated rings. The fraction of sp³-hybridized carbons (Fsp3) is 0.429. The Morgan fingerprint density at radius 2 is 1.88 bits per heavy atom. The number of ether oxygens (including phenoxy) is 1. The van der Waals surface area contributed by atoms with Gasteiger partial charge in [0.1, 0.15) is 0 Å². The fourth-order valence-electron chi connectivity index (χ4n) is 1.93. The van der Waals surface area contributed by atoms with Crippen molar-refractivity contribution in [3.63, 3.8) is 0 Å². The Morgan fingerprint density at radius 3 is 2.53 bits per heavy atom. The van der Waals surface area contributed by atoms with Gasteiger partial charge in [0.15, 0.2) is 0 Å². The molecular weight excluding hydrogens is 212 g/mol. The highest BCUT2D eigenvalue weighted by atomic mass is 16.5. The molecule has 0 aliphatic carbocycles. The third kappa shape index (κ3) is 3.58. The van der Waals surface area contributed by atoms with Crippen LogP contribution in [0.1, 0.15) is 12.0 Å². The summed E-state index contributed by atoms with van der Waals surface area (Å²) < 4.78 is 5.35. The second kappa shape index (κ2) is 6.42. The molecule has 0 spiro atoms. The van der Waals surface area contributed by atoms with Gasteiger partial charge in [-0.25, -0.2) is 0 Å². The average molecular weight is 232 g/mol. The average Bonchev–Trinajstić information content (AvgIpc) is 2.41. The summed E-state index contributed by atoms with van der Waals surface area (Å²) in [4.78, 5) is 2.36. The van der Waals surface area contributed by atoms with Gasteiger partial charge in [-0.3, -0.25) is 0 Å². The Balaban J connectivity index is 1.97. The van der Waals surface area contributed by atoms with E-state index in [1.165, 1.54) is 11.3 Å². The summed E-state index contributed by atoms with van der Waals surface area (Å²) >= 11 is 0. The van der Waals surface area contributed by atoms with Crippen molar-refractivity contribution in [3.8, 4) is 0 Å². The zero-order valence-corrected chi connectivity index (χ0v) is 10.1. The van der Waals surface area contributed by atoms with Crippen LogP contribution in [-0.2, 0) is 4.74 Å². The molecule has 0 radical (unpaired) electrons. The van der Waals surface area contributed by atoms with Crippen LogP contribution in [-0.4, -0.2) is 32.8 Å². The molecule has 3 nitrogen and oxygen atoms in total. The Hall–Kier alpha value is -1.32. The summed E-state index contributed by atoms with van der Waals surface area (Å²) in [6, 6.07) is 8.65. The van der Waals surface area contributed by atoms with E-state index in [4.69, 9.17) is 10.5 Å². The first-order valence-electron chi connectivity index (χ1n) is 6.19. The lowest BCUT2D eigenvalue weighted by molar-refractivity contribution is 0.122. The molecule has 1 heterocycles. The maximum Gasteiger partial charge on any atom is 0.0642 e. The summed E-state index contributed by atoms with van der Waals surface area (Å²) in [6.07, 6.45) is 5.17. The zero-order chi connectivity index (χ0) is 11.9. The number of anilines is 1. The maximum absolute atomic E-state index is 5.44. The number of nitrogens with zero attached hydrogens (tertiary/aromatic N) is 1. The largest absolute Gasteiger partial charge is 0.378 e. The van der Waals surface area contributed by atoms with Crippen LogP contribution in [0.5, 0.6) is 0 Å². The molecule has 0 amide bonds. The lowest BCUT2D eigenvalue weighted by Gasteiger charge is -2.28. The van der Waals surface area contributed by atoms with Gasteiger partial charge in [-0.2, -0.15) is 0 Å². The first kappa shape index (κ1) is 12.1. The first-order valence-corrected chi connectivity index (χ1v) is 6.19. The summed E-state index contributed by atoms with van der Waals surface area (Å²) in [7, 11) is 0. The Labute approximate surface area is 103 Å². The van der Waals surface area contributed by atoms with E-state index in [1.807, 2.05) is 0 Å². The molecule has 2 N–H and O–H groups in total. The molecule has 92 valence electrons. The van der Waals surface area contributed by atoms with E-state index in [0.717, 1.165) is 32.7 Å². The molecule has 1 aliphatic heterocycles. The van der Waals surface area contributed by atoms with E-state index in [-0.39, 0.29) is 0 Å². The fourth-order valence-corrected chi connectivity index (χ4v) is 1.93. The molecule has 1 aromatic carbocycles. The lowest BCUT2D eigenvalue weighted by Crippen LogP contribution is -2.36. The first-order chi connectivity index (χ1) is 8.40. The lowest BCUT2D eigenvalue weighted by atomic mass is 10.1. The van der Waals surface area contributed by atoms with Gasteiger partial charge in [-0.15, -0.1) is 0 Å². The third-order valence-corrected chi connectivity index (χ3v) is 2.91. The molecule has 0 saturated carbocycles.